The summed E-state index contributed by atoms with van der Waals surface area (Å²) in [6.45, 7) is 2.87. The maximum atomic E-state index is 12.4. The fourth-order valence-electron chi connectivity index (χ4n) is 2.27. The molecule has 10 heteroatoms. The molecule has 2 heterocycles. The normalized spacial score (nSPS) is 11.0. The van der Waals surface area contributed by atoms with E-state index in [-0.39, 0.29) is 21.6 Å². The number of anilines is 1. The van der Waals surface area contributed by atoms with Crippen molar-refractivity contribution in [3.63, 3.8) is 0 Å². The van der Waals surface area contributed by atoms with E-state index in [0.29, 0.717) is 23.1 Å². The van der Waals surface area contributed by atoms with Gasteiger partial charge in [-0.25, -0.2) is 0 Å². The third-order valence-corrected chi connectivity index (χ3v) is 4.69. The van der Waals surface area contributed by atoms with Crippen molar-refractivity contribution in [2.45, 2.75) is 20.0 Å². The van der Waals surface area contributed by atoms with E-state index in [2.05, 4.69) is 15.5 Å². The maximum absolute atomic E-state index is 12.4. The van der Waals surface area contributed by atoms with Crippen LogP contribution < -0.4 is 5.32 Å². The van der Waals surface area contributed by atoms with Crippen LogP contribution >= 0.6 is 46.4 Å². The molecule has 1 N–H and O–H groups in total. The summed E-state index contributed by atoms with van der Waals surface area (Å²) in [5, 5.41) is 12.6. The topological polar surface area (TPSA) is 64.7 Å². The van der Waals surface area contributed by atoms with Gasteiger partial charge in [-0.15, -0.1) is 0 Å². The molecule has 0 aliphatic rings. The molecule has 0 saturated carbocycles. The Hall–Kier alpha value is -1.73. The second kappa shape index (κ2) is 7.88. The zero-order valence-electron chi connectivity index (χ0n) is 13.5. The van der Waals surface area contributed by atoms with E-state index >= 15 is 0 Å². The summed E-state index contributed by atoms with van der Waals surface area (Å²) in [5.41, 5.74) is 0.928. The predicted octanol–water partition coefficient (Wildman–Crippen LogP) is 5.01. The van der Waals surface area contributed by atoms with Gasteiger partial charge in [-0.3, -0.25) is 14.2 Å². The van der Waals surface area contributed by atoms with E-state index in [4.69, 9.17) is 46.4 Å². The van der Waals surface area contributed by atoms with E-state index in [1.807, 2.05) is 6.92 Å². The van der Waals surface area contributed by atoms with Crippen molar-refractivity contribution in [2.75, 3.05) is 5.32 Å². The van der Waals surface area contributed by atoms with Gasteiger partial charge >= 0.3 is 0 Å². The molecule has 0 spiro atoms. The molecule has 3 aromatic rings. The fourth-order valence-corrected chi connectivity index (χ4v) is 3.17. The molecular formula is C16H13Cl4N5O. The number of carbonyl (C=O) groups is 1. The molecule has 3 rings (SSSR count). The largest absolute Gasteiger partial charge is 0.302 e. The van der Waals surface area contributed by atoms with Crippen molar-refractivity contribution in [2.24, 2.45) is 0 Å². The quantitative estimate of drug-likeness (QED) is 0.615. The molecule has 0 bridgehead atoms. The Morgan fingerprint density at radius 2 is 1.77 bits per heavy atom. The molecule has 0 aliphatic heterocycles. The van der Waals surface area contributed by atoms with Gasteiger partial charge < -0.3 is 5.32 Å². The summed E-state index contributed by atoms with van der Waals surface area (Å²) in [6.07, 6.45) is 3.17. The lowest BCUT2D eigenvalue weighted by Crippen LogP contribution is -2.15. The predicted molar refractivity (Wildman–Crippen MR) is 104 cm³/mol. The van der Waals surface area contributed by atoms with Gasteiger partial charge in [0.05, 0.1) is 11.6 Å². The summed E-state index contributed by atoms with van der Waals surface area (Å²) in [7, 11) is 0. The molecule has 0 fully saturated rings. The Morgan fingerprint density at radius 1 is 1.04 bits per heavy atom. The maximum Gasteiger partial charge on any atom is 0.278 e. The molecule has 2 aromatic heterocycles. The number of nitrogens with one attached hydrogen (secondary N) is 1. The molecule has 26 heavy (non-hydrogen) atoms. The molecule has 1 aromatic carbocycles. The molecule has 0 unspecified atom stereocenters. The average Bonchev–Trinajstić information content (AvgIpc) is 3.13. The highest BCUT2D eigenvalue weighted by molar-refractivity contribution is 6.36. The van der Waals surface area contributed by atoms with Gasteiger partial charge in [-0.1, -0.05) is 52.5 Å². The van der Waals surface area contributed by atoms with Gasteiger partial charge in [-0.05, 0) is 24.6 Å². The van der Waals surface area contributed by atoms with E-state index in [1.54, 1.807) is 40.0 Å². The van der Waals surface area contributed by atoms with Crippen molar-refractivity contribution in [1.82, 2.24) is 19.6 Å². The van der Waals surface area contributed by atoms with Gasteiger partial charge in [0.2, 0.25) is 0 Å². The average molecular weight is 433 g/mol. The molecule has 0 radical (unpaired) electrons. The van der Waals surface area contributed by atoms with E-state index < -0.39 is 5.91 Å². The molecule has 136 valence electrons. The second-order valence-electron chi connectivity index (χ2n) is 5.39. The standard InChI is InChI=1S/C16H13Cl4N5O/c1-2-24-7-12(19)14(22-24)16(26)21-15-13(20)8-25(23-15)6-9-3-4-10(17)5-11(9)18/h3-5,7-8H,2,6H2,1H3,(H,21,23,26). The monoisotopic (exact) mass is 431 g/mol. The highest BCUT2D eigenvalue weighted by Crippen LogP contribution is 2.25. The smallest absolute Gasteiger partial charge is 0.278 e. The number of aryl methyl sites for hydroxylation is 1. The summed E-state index contributed by atoms with van der Waals surface area (Å²) in [6, 6.07) is 5.19. The Bertz CT molecular complexity index is 966. The Kier molecular flexibility index (Phi) is 5.77. The zero-order chi connectivity index (χ0) is 18.8. The second-order valence-corrected chi connectivity index (χ2v) is 7.05. The molecule has 6 nitrogen and oxygen atoms in total. The van der Waals surface area contributed by atoms with Crippen LogP contribution in [0.5, 0.6) is 0 Å². The summed E-state index contributed by atoms with van der Waals surface area (Å²) < 4.78 is 3.14. The number of carbonyl (C=O) groups excluding carboxylic acids is 1. The van der Waals surface area contributed by atoms with Crippen LogP contribution in [-0.4, -0.2) is 25.5 Å². The lowest BCUT2D eigenvalue weighted by Gasteiger charge is -2.05. The lowest BCUT2D eigenvalue weighted by atomic mass is 10.2. The number of aromatic nitrogens is 4. The highest BCUT2D eigenvalue weighted by atomic mass is 35.5. The SMILES string of the molecule is CCn1cc(Cl)c(C(=O)Nc2nn(Cc3ccc(Cl)cc3Cl)cc2Cl)n1. The minimum Gasteiger partial charge on any atom is -0.302 e. The number of nitrogens with zero attached hydrogens (tertiary/aromatic N) is 4. The van der Waals surface area contributed by atoms with Crippen LogP contribution in [0.1, 0.15) is 23.0 Å². The van der Waals surface area contributed by atoms with E-state index in [1.165, 1.54) is 0 Å². The molecule has 0 aliphatic carbocycles. The van der Waals surface area contributed by atoms with Crippen LogP contribution in [-0.2, 0) is 13.1 Å². The third-order valence-electron chi connectivity index (χ3n) is 3.55. The van der Waals surface area contributed by atoms with Gasteiger partial charge in [0, 0.05) is 29.0 Å². The Balaban J connectivity index is 1.77. The number of benzene rings is 1. The van der Waals surface area contributed by atoms with Crippen molar-refractivity contribution in [3.05, 3.63) is 61.9 Å². The Morgan fingerprint density at radius 3 is 2.42 bits per heavy atom. The first-order valence-corrected chi connectivity index (χ1v) is 9.09. The number of halogens is 4. The molecule has 1 amide bonds. The van der Waals surface area contributed by atoms with Crippen LogP contribution in [0, 0.1) is 0 Å². The number of rotatable bonds is 5. The number of amides is 1. The Labute approximate surface area is 169 Å². The minimum atomic E-state index is -0.487. The van der Waals surface area contributed by atoms with Crippen LogP contribution in [0.4, 0.5) is 5.82 Å². The minimum absolute atomic E-state index is 0.111. The molecular weight excluding hydrogens is 420 g/mol. The summed E-state index contributed by atoms with van der Waals surface area (Å²) in [4.78, 5) is 12.4. The number of hydrogen-bond acceptors (Lipinski definition) is 3. The van der Waals surface area contributed by atoms with Crippen LogP contribution in [0.15, 0.2) is 30.6 Å². The lowest BCUT2D eigenvalue weighted by molar-refractivity contribution is 0.102. The van der Waals surface area contributed by atoms with Crippen molar-refractivity contribution in [3.8, 4) is 0 Å². The van der Waals surface area contributed by atoms with Crippen molar-refractivity contribution >= 4 is 58.1 Å². The first-order valence-electron chi connectivity index (χ1n) is 7.58. The molecule has 0 saturated heterocycles. The first-order chi connectivity index (χ1) is 12.4. The van der Waals surface area contributed by atoms with Crippen LogP contribution in [0.3, 0.4) is 0 Å². The fraction of sp³-hybridized carbons (Fsp3) is 0.188. The van der Waals surface area contributed by atoms with Gasteiger partial charge in [0.25, 0.3) is 5.91 Å². The van der Waals surface area contributed by atoms with Crippen LogP contribution in [0.2, 0.25) is 20.1 Å². The van der Waals surface area contributed by atoms with Crippen molar-refractivity contribution in [1.29, 1.82) is 0 Å². The van der Waals surface area contributed by atoms with Crippen molar-refractivity contribution < 1.29 is 4.79 Å². The summed E-state index contributed by atoms with van der Waals surface area (Å²) >= 11 is 24.3. The number of hydrogen-bond donors (Lipinski definition) is 1. The highest BCUT2D eigenvalue weighted by Gasteiger charge is 2.18. The van der Waals surface area contributed by atoms with E-state index in [9.17, 15) is 4.79 Å². The van der Waals surface area contributed by atoms with Gasteiger partial charge in [0.1, 0.15) is 5.02 Å². The van der Waals surface area contributed by atoms with Gasteiger partial charge in [-0.2, -0.15) is 10.2 Å². The van der Waals surface area contributed by atoms with Gasteiger partial charge in [0.15, 0.2) is 11.5 Å². The summed E-state index contributed by atoms with van der Waals surface area (Å²) in [5.74, 6) is -0.275. The third kappa shape index (κ3) is 4.15. The van der Waals surface area contributed by atoms with Crippen LogP contribution in [0.25, 0.3) is 0 Å². The van der Waals surface area contributed by atoms with E-state index in [0.717, 1.165) is 5.56 Å². The molecule has 0 atom stereocenters. The zero-order valence-corrected chi connectivity index (χ0v) is 16.5. The first kappa shape index (κ1) is 19.0.